The van der Waals surface area contributed by atoms with E-state index in [1.165, 1.54) is 12.4 Å². The second-order valence-electron chi connectivity index (χ2n) is 1.77. The summed E-state index contributed by atoms with van der Waals surface area (Å²) in [6, 6.07) is 0. The zero-order chi connectivity index (χ0) is 7.61. The van der Waals surface area contributed by atoms with Gasteiger partial charge in [-0.15, -0.1) is 0 Å². The van der Waals surface area contributed by atoms with Gasteiger partial charge in [-0.3, -0.25) is 4.99 Å². The maximum Gasteiger partial charge on any atom is 0.241 e. The summed E-state index contributed by atoms with van der Waals surface area (Å²) in [7, 11) is -3.58. The van der Waals surface area contributed by atoms with Crippen molar-refractivity contribution in [1.29, 1.82) is 0 Å². The number of nitrogens with zero attached hydrogens (tertiary/aromatic N) is 1. The normalized spacial score (nSPS) is 17.9. The first-order valence-corrected chi connectivity index (χ1v) is 4.11. The molecule has 10 heavy (non-hydrogen) atoms. The zero-order valence-electron chi connectivity index (χ0n) is 5.11. The van der Waals surface area contributed by atoms with E-state index in [1.807, 2.05) is 0 Å². The molecule has 0 spiro atoms. The van der Waals surface area contributed by atoms with Gasteiger partial charge >= 0.3 is 0 Å². The van der Waals surface area contributed by atoms with Crippen molar-refractivity contribution >= 4 is 16.2 Å². The molecule has 1 rings (SSSR count). The maximum absolute atomic E-state index is 10.6. The predicted molar refractivity (Wildman–Crippen MR) is 37.7 cm³/mol. The lowest BCUT2D eigenvalue weighted by Crippen LogP contribution is -2.21. The minimum absolute atomic E-state index is 0.0127. The van der Waals surface area contributed by atoms with Crippen LogP contribution in [0.5, 0.6) is 0 Å². The van der Waals surface area contributed by atoms with E-state index in [9.17, 15) is 8.42 Å². The average molecular weight is 161 g/mol. The van der Waals surface area contributed by atoms with Crippen LogP contribution in [0.1, 0.15) is 0 Å². The van der Waals surface area contributed by atoms with Crippen molar-refractivity contribution in [3.05, 3.63) is 11.1 Å². The molecule has 0 unspecified atom stereocenters. The van der Waals surface area contributed by atoms with Gasteiger partial charge in [-0.2, -0.15) is 0 Å². The van der Waals surface area contributed by atoms with Gasteiger partial charge in [-0.05, 0) is 0 Å². The highest BCUT2D eigenvalue weighted by Crippen LogP contribution is 1.98. The van der Waals surface area contributed by atoms with Gasteiger partial charge < -0.3 is 5.32 Å². The SMILES string of the molecule is NS(=O)(=O)C1=CNCN=C1. The first-order chi connectivity index (χ1) is 4.61. The highest BCUT2D eigenvalue weighted by molar-refractivity contribution is 7.93. The van der Waals surface area contributed by atoms with Gasteiger partial charge in [0, 0.05) is 12.4 Å². The third kappa shape index (κ3) is 1.55. The molecule has 0 aromatic rings. The summed E-state index contributed by atoms with van der Waals surface area (Å²) in [5.74, 6) is 0. The van der Waals surface area contributed by atoms with Crippen LogP contribution in [0.4, 0.5) is 0 Å². The molecule has 0 radical (unpaired) electrons. The fourth-order valence-electron chi connectivity index (χ4n) is 0.527. The number of hydrogen-bond donors (Lipinski definition) is 2. The van der Waals surface area contributed by atoms with E-state index in [0.29, 0.717) is 6.67 Å². The molecule has 0 aromatic carbocycles. The quantitative estimate of drug-likeness (QED) is 0.504. The molecule has 1 aliphatic rings. The number of sulfonamides is 1. The van der Waals surface area contributed by atoms with Crippen molar-refractivity contribution in [3.8, 4) is 0 Å². The van der Waals surface area contributed by atoms with Gasteiger partial charge in [-0.25, -0.2) is 13.6 Å². The molecule has 0 saturated heterocycles. The lowest BCUT2D eigenvalue weighted by molar-refractivity contribution is 0.604. The Morgan fingerprint density at radius 2 is 2.40 bits per heavy atom. The lowest BCUT2D eigenvalue weighted by atomic mass is 10.6. The second-order valence-corrected chi connectivity index (χ2v) is 3.33. The number of rotatable bonds is 1. The molecule has 0 amide bonds. The molecule has 3 N–H and O–H groups in total. The van der Waals surface area contributed by atoms with Crippen molar-refractivity contribution < 1.29 is 8.42 Å². The van der Waals surface area contributed by atoms with E-state index in [1.54, 1.807) is 0 Å². The highest BCUT2D eigenvalue weighted by Gasteiger charge is 2.10. The Morgan fingerprint density at radius 3 is 2.70 bits per heavy atom. The summed E-state index contributed by atoms with van der Waals surface area (Å²) in [6.07, 6.45) is 2.55. The van der Waals surface area contributed by atoms with Crippen molar-refractivity contribution in [3.63, 3.8) is 0 Å². The number of primary sulfonamides is 1. The maximum atomic E-state index is 10.6. The summed E-state index contributed by atoms with van der Waals surface area (Å²) in [5, 5.41) is 7.41. The molecule has 0 saturated carbocycles. The minimum atomic E-state index is -3.58. The Kier molecular flexibility index (Phi) is 1.73. The Hall–Kier alpha value is -0.880. The van der Waals surface area contributed by atoms with E-state index in [2.05, 4.69) is 10.3 Å². The van der Waals surface area contributed by atoms with Crippen LogP contribution < -0.4 is 10.5 Å². The molecular weight excluding hydrogens is 154 g/mol. The molecule has 0 aliphatic carbocycles. The fourth-order valence-corrected chi connectivity index (χ4v) is 0.996. The molecule has 0 aromatic heterocycles. The topological polar surface area (TPSA) is 84.5 Å². The first kappa shape index (κ1) is 7.23. The summed E-state index contributed by atoms with van der Waals surface area (Å²) in [5.41, 5.74) is 0. The van der Waals surface area contributed by atoms with Crippen LogP contribution in [-0.2, 0) is 10.0 Å². The van der Waals surface area contributed by atoms with Crippen molar-refractivity contribution in [2.45, 2.75) is 0 Å². The third-order valence-electron chi connectivity index (χ3n) is 0.974. The van der Waals surface area contributed by atoms with Crippen LogP contribution in [0.15, 0.2) is 16.1 Å². The number of aliphatic imine (C=N–C) groups is 1. The minimum Gasteiger partial charge on any atom is -0.371 e. The van der Waals surface area contributed by atoms with E-state index in [0.717, 1.165) is 0 Å². The average Bonchev–Trinajstić information content (AvgIpc) is 1.88. The standard InChI is InChI=1S/C4H7N3O2S/c5-10(8,9)4-1-6-3-7-2-4/h1-2,6H,3H2,(H2,5,8,9). The van der Waals surface area contributed by atoms with Gasteiger partial charge in [0.15, 0.2) is 0 Å². The van der Waals surface area contributed by atoms with Gasteiger partial charge in [-0.1, -0.05) is 0 Å². The number of nitrogens with one attached hydrogen (secondary N) is 1. The molecule has 1 heterocycles. The lowest BCUT2D eigenvalue weighted by Gasteiger charge is -2.04. The Balaban J connectivity index is 2.94. The van der Waals surface area contributed by atoms with Crippen LogP contribution in [0.3, 0.4) is 0 Å². The number of hydrogen-bond acceptors (Lipinski definition) is 4. The fraction of sp³-hybridized carbons (Fsp3) is 0.250. The summed E-state index contributed by atoms with van der Waals surface area (Å²) >= 11 is 0. The molecule has 56 valence electrons. The highest BCUT2D eigenvalue weighted by atomic mass is 32.2. The van der Waals surface area contributed by atoms with Crippen LogP contribution >= 0.6 is 0 Å². The number of allylic oxidation sites excluding steroid dienone is 1. The Bertz CT molecular complexity index is 277. The molecule has 5 nitrogen and oxygen atoms in total. The second kappa shape index (κ2) is 2.39. The molecule has 0 bridgehead atoms. The van der Waals surface area contributed by atoms with Crippen molar-refractivity contribution in [2.24, 2.45) is 10.1 Å². The smallest absolute Gasteiger partial charge is 0.241 e. The summed E-state index contributed by atoms with van der Waals surface area (Å²) in [4.78, 5) is 3.67. The van der Waals surface area contributed by atoms with E-state index >= 15 is 0 Å². The largest absolute Gasteiger partial charge is 0.371 e. The van der Waals surface area contributed by atoms with Gasteiger partial charge in [0.05, 0.1) is 0 Å². The molecular formula is C4H7N3O2S. The third-order valence-corrected chi connectivity index (χ3v) is 1.85. The van der Waals surface area contributed by atoms with E-state index in [4.69, 9.17) is 5.14 Å². The summed E-state index contributed by atoms with van der Waals surface area (Å²) < 4.78 is 21.1. The summed E-state index contributed by atoms with van der Waals surface area (Å²) in [6.45, 7) is 0.402. The molecule has 0 fully saturated rings. The number of nitrogens with two attached hydrogens (primary N) is 1. The predicted octanol–water partition coefficient (Wildman–Crippen LogP) is -1.25. The van der Waals surface area contributed by atoms with Crippen molar-refractivity contribution in [2.75, 3.05) is 6.67 Å². The van der Waals surface area contributed by atoms with Crippen LogP contribution in [0.2, 0.25) is 0 Å². The zero-order valence-corrected chi connectivity index (χ0v) is 5.93. The van der Waals surface area contributed by atoms with Crippen molar-refractivity contribution in [1.82, 2.24) is 5.32 Å². The molecule has 0 atom stereocenters. The molecule has 6 heteroatoms. The van der Waals surface area contributed by atoms with E-state index < -0.39 is 10.0 Å². The Morgan fingerprint density at radius 1 is 1.70 bits per heavy atom. The monoisotopic (exact) mass is 161 g/mol. The van der Waals surface area contributed by atoms with Gasteiger partial charge in [0.25, 0.3) is 0 Å². The van der Waals surface area contributed by atoms with Crippen LogP contribution in [0.25, 0.3) is 0 Å². The van der Waals surface area contributed by atoms with Crippen LogP contribution in [0, 0.1) is 0 Å². The Labute approximate surface area is 58.7 Å². The first-order valence-electron chi connectivity index (χ1n) is 2.57. The van der Waals surface area contributed by atoms with Gasteiger partial charge in [0.1, 0.15) is 11.6 Å². The van der Waals surface area contributed by atoms with Crippen LogP contribution in [-0.4, -0.2) is 21.3 Å². The van der Waals surface area contributed by atoms with Gasteiger partial charge in [0.2, 0.25) is 10.0 Å². The molecule has 1 aliphatic heterocycles. The van der Waals surface area contributed by atoms with E-state index in [-0.39, 0.29) is 4.91 Å².